The Hall–Kier alpha value is -0.450. The van der Waals surface area contributed by atoms with E-state index in [1.165, 1.54) is 12.1 Å². The molecule has 1 aromatic carbocycles. The third-order valence-electron chi connectivity index (χ3n) is 2.66. The number of rotatable bonds is 1. The predicted octanol–water partition coefficient (Wildman–Crippen LogP) is 1.90. The minimum Gasteiger partial charge on any atom is -0.393 e. The fourth-order valence-electron chi connectivity index (χ4n) is 1.88. The molecule has 1 fully saturated rings. The van der Waals surface area contributed by atoms with E-state index in [0.29, 0.717) is 12.8 Å². The quantitative estimate of drug-likeness (QED) is 0.810. The molecule has 1 aliphatic rings. The molecule has 4 heteroatoms. The zero-order valence-corrected chi connectivity index (χ0v) is 9.09. The lowest BCUT2D eigenvalue weighted by Crippen LogP contribution is -2.51. The van der Waals surface area contributed by atoms with Crippen molar-refractivity contribution < 1.29 is 9.50 Å². The van der Waals surface area contributed by atoms with Crippen molar-refractivity contribution in [3.8, 4) is 0 Å². The number of hydrogen-bond donors (Lipinski definition) is 2. The second-order valence-electron chi connectivity index (χ2n) is 3.84. The monoisotopic (exact) mass is 259 g/mol. The molecule has 14 heavy (non-hydrogen) atoms. The minimum atomic E-state index is -0.569. The van der Waals surface area contributed by atoms with Crippen molar-refractivity contribution in [1.29, 1.82) is 0 Å². The highest BCUT2D eigenvalue weighted by molar-refractivity contribution is 9.10. The van der Waals surface area contributed by atoms with Crippen LogP contribution in [-0.2, 0) is 5.54 Å². The van der Waals surface area contributed by atoms with Gasteiger partial charge in [-0.05, 0) is 36.6 Å². The average Bonchev–Trinajstić information content (AvgIpc) is 2.07. The van der Waals surface area contributed by atoms with Gasteiger partial charge in [0.15, 0.2) is 0 Å². The van der Waals surface area contributed by atoms with Crippen molar-refractivity contribution in [3.63, 3.8) is 0 Å². The van der Waals surface area contributed by atoms with Gasteiger partial charge in [0.25, 0.3) is 0 Å². The van der Waals surface area contributed by atoms with Crippen LogP contribution in [-0.4, -0.2) is 11.2 Å². The zero-order valence-electron chi connectivity index (χ0n) is 7.50. The molecule has 0 heterocycles. The Labute approximate surface area is 90.1 Å². The van der Waals surface area contributed by atoms with Crippen LogP contribution in [0.15, 0.2) is 22.7 Å². The number of hydrogen-bond acceptors (Lipinski definition) is 2. The molecule has 0 atom stereocenters. The van der Waals surface area contributed by atoms with Gasteiger partial charge >= 0.3 is 0 Å². The summed E-state index contributed by atoms with van der Waals surface area (Å²) in [5.41, 5.74) is 6.20. The van der Waals surface area contributed by atoms with E-state index < -0.39 is 5.54 Å². The summed E-state index contributed by atoms with van der Waals surface area (Å²) in [6.07, 6.45) is 0.638. The summed E-state index contributed by atoms with van der Waals surface area (Å²) in [5, 5.41) is 9.22. The molecule has 0 radical (unpaired) electrons. The van der Waals surface area contributed by atoms with Crippen LogP contribution in [0.1, 0.15) is 18.4 Å². The molecule has 0 unspecified atom stereocenters. The Bertz CT molecular complexity index is 363. The highest BCUT2D eigenvalue weighted by Gasteiger charge is 2.42. The second kappa shape index (κ2) is 3.29. The number of nitrogens with two attached hydrogens (primary N) is 1. The lowest BCUT2D eigenvalue weighted by Gasteiger charge is -2.43. The topological polar surface area (TPSA) is 46.2 Å². The van der Waals surface area contributed by atoms with Gasteiger partial charge in [-0.1, -0.05) is 15.9 Å². The zero-order chi connectivity index (χ0) is 10.3. The van der Waals surface area contributed by atoms with Crippen LogP contribution in [0.4, 0.5) is 4.39 Å². The SMILES string of the molecule is NC1(c2cc(F)ccc2Br)CC(O)C1. The van der Waals surface area contributed by atoms with Crippen molar-refractivity contribution in [2.75, 3.05) is 0 Å². The van der Waals surface area contributed by atoms with Crippen molar-refractivity contribution in [1.82, 2.24) is 0 Å². The molecule has 0 bridgehead atoms. The lowest BCUT2D eigenvalue weighted by atomic mass is 9.70. The van der Waals surface area contributed by atoms with E-state index in [9.17, 15) is 9.50 Å². The third-order valence-corrected chi connectivity index (χ3v) is 3.36. The Morgan fingerprint density at radius 3 is 2.71 bits per heavy atom. The molecule has 0 amide bonds. The molecule has 0 spiro atoms. The summed E-state index contributed by atoms with van der Waals surface area (Å²) in [4.78, 5) is 0. The number of halogens is 2. The van der Waals surface area contributed by atoms with E-state index >= 15 is 0 Å². The van der Waals surface area contributed by atoms with E-state index in [2.05, 4.69) is 15.9 Å². The summed E-state index contributed by atoms with van der Waals surface area (Å²) >= 11 is 3.33. The standard InChI is InChI=1S/C10H11BrFNO/c11-9-2-1-6(12)3-8(9)10(13)4-7(14)5-10/h1-3,7,14H,4-5,13H2. The van der Waals surface area contributed by atoms with Crippen molar-refractivity contribution in [2.24, 2.45) is 5.73 Å². The minimum absolute atomic E-state index is 0.297. The molecule has 2 nitrogen and oxygen atoms in total. The van der Waals surface area contributed by atoms with Crippen LogP contribution in [0.2, 0.25) is 0 Å². The lowest BCUT2D eigenvalue weighted by molar-refractivity contribution is 0.0204. The Balaban J connectivity index is 2.36. The summed E-state index contributed by atoms with van der Waals surface area (Å²) < 4.78 is 13.8. The Kier molecular flexibility index (Phi) is 2.37. The van der Waals surface area contributed by atoms with Gasteiger partial charge in [0.05, 0.1) is 6.10 Å². The molecule has 2 rings (SSSR count). The highest BCUT2D eigenvalue weighted by atomic mass is 79.9. The maximum absolute atomic E-state index is 13.0. The maximum atomic E-state index is 13.0. The van der Waals surface area contributed by atoms with Gasteiger partial charge in [-0.3, -0.25) is 0 Å². The van der Waals surface area contributed by atoms with Gasteiger partial charge in [-0.25, -0.2) is 4.39 Å². The average molecular weight is 260 g/mol. The predicted molar refractivity (Wildman–Crippen MR) is 55.2 cm³/mol. The van der Waals surface area contributed by atoms with E-state index in [-0.39, 0.29) is 11.9 Å². The van der Waals surface area contributed by atoms with Crippen LogP contribution in [0.3, 0.4) is 0 Å². The first-order valence-corrected chi connectivity index (χ1v) is 5.23. The van der Waals surface area contributed by atoms with E-state index in [1.54, 1.807) is 6.07 Å². The molecule has 0 saturated heterocycles. The first-order chi connectivity index (χ1) is 6.51. The van der Waals surface area contributed by atoms with E-state index in [1.807, 2.05) is 0 Å². The van der Waals surface area contributed by atoms with Gasteiger partial charge in [0, 0.05) is 10.0 Å². The van der Waals surface area contributed by atoms with Gasteiger partial charge in [-0.15, -0.1) is 0 Å². The molecular formula is C10H11BrFNO. The number of aliphatic hydroxyl groups is 1. The van der Waals surface area contributed by atoms with Crippen LogP contribution < -0.4 is 5.73 Å². The molecular weight excluding hydrogens is 249 g/mol. The Morgan fingerprint density at radius 1 is 1.50 bits per heavy atom. The maximum Gasteiger partial charge on any atom is 0.123 e. The molecule has 0 aromatic heterocycles. The van der Waals surface area contributed by atoms with E-state index in [4.69, 9.17) is 5.73 Å². The van der Waals surface area contributed by atoms with Gasteiger partial charge in [0.1, 0.15) is 5.82 Å². The molecule has 1 aromatic rings. The van der Waals surface area contributed by atoms with Gasteiger partial charge < -0.3 is 10.8 Å². The normalized spacial score (nSPS) is 31.3. The van der Waals surface area contributed by atoms with Crippen molar-refractivity contribution in [3.05, 3.63) is 34.1 Å². The first kappa shape index (κ1) is 10.1. The van der Waals surface area contributed by atoms with Crippen LogP contribution in [0.25, 0.3) is 0 Å². The third kappa shape index (κ3) is 1.58. The van der Waals surface area contributed by atoms with E-state index in [0.717, 1.165) is 10.0 Å². The number of aliphatic hydroxyl groups excluding tert-OH is 1. The smallest absolute Gasteiger partial charge is 0.123 e. The van der Waals surface area contributed by atoms with Crippen LogP contribution in [0, 0.1) is 5.82 Å². The summed E-state index contributed by atoms with van der Waals surface area (Å²) in [5.74, 6) is -0.297. The van der Waals surface area contributed by atoms with Gasteiger partial charge in [-0.2, -0.15) is 0 Å². The number of benzene rings is 1. The van der Waals surface area contributed by atoms with Crippen molar-refractivity contribution in [2.45, 2.75) is 24.5 Å². The fraction of sp³-hybridized carbons (Fsp3) is 0.400. The fourth-order valence-corrected chi connectivity index (χ4v) is 2.52. The molecule has 0 aliphatic heterocycles. The van der Waals surface area contributed by atoms with Gasteiger partial charge in [0.2, 0.25) is 0 Å². The molecule has 3 N–H and O–H groups in total. The highest BCUT2D eigenvalue weighted by Crippen LogP contribution is 2.42. The molecule has 1 aliphatic carbocycles. The summed E-state index contributed by atoms with van der Waals surface area (Å²) in [7, 11) is 0. The molecule has 1 saturated carbocycles. The molecule has 76 valence electrons. The summed E-state index contributed by atoms with van der Waals surface area (Å²) in [6.45, 7) is 0. The van der Waals surface area contributed by atoms with Crippen LogP contribution in [0.5, 0.6) is 0 Å². The first-order valence-electron chi connectivity index (χ1n) is 4.44. The van der Waals surface area contributed by atoms with Crippen molar-refractivity contribution >= 4 is 15.9 Å². The van der Waals surface area contributed by atoms with Crippen LogP contribution >= 0.6 is 15.9 Å². The largest absolute Gasteiger partial charge is 0.393 e. The second-order valence-corrected chi connectivity index (χ2v) is 4.70. The summed E-state index contributed by atoms with van der Waals surface area (Å²) in [6, 6.07) is 4.45. The Morgan fingerprint density at radius 2 is 2.14 bits per heavy atom.